The first kappa shape index (κ1) is 15.7. The monoisotopic (exact) mass is 336 g/mol. The fraction of sp³-hybridized carbons (Fsp3) is 0.250. The Balaban J connectivity index is 1.98. The van der Waals surface area contributed by atoms with Gasteiger partial charge in [0.25, 0.3) is 5.56 Å². The largest absolute Gasteiger partial charge is 0.453 e. The van der Waals surface area contributed by atoms with E-state index in [2.05, 4.69) is 17.0 Å². The van der Waals surface area contributed by atoms with E-state index in [-0.39, 0.29) is 12.4 Å². The van der Waals surface area contributed by atoms with Crippen molar-refractivity contribution in [3.63, 3.8) is 0 Å². The molecule has 0 saturated heterocycles. The van der Waals surface area contributed by atoms with E-state index in [9.17, 15) is 4.79 Å². The van der Waals surface area contributed by atoms with Crippen LogP contribution in [-0.2, 0) is 13.6 Å². The highest BCUT2D eigenvalue weighted by Crippen LogP contribution is 2.45. The van der Waals surface area contributed by atoms with Gasteiger partial charge in [0, 0.05) is 41.9 Å². The molecule has 0 radical (unpaired) electrons. The highest BCUT2D eigenvalue weighted by Gasteiger charge is 2.24. The molecule has 5 heteroatoms. The number of aromatic nitrogens is 1. The second-order valence-electron chi connectivity index (χ2n) is 6.58. The van der Waals surface area contributed by atoms with Crippen molar-refractivity contribution in [1.82, 2.24) is 9.47 Å². The van der Waals surface area contributed by atoms with E-state index in [1.807, 2.05) is 44.6 Å². The van der Waals surface area contributed by atoms with E-state index in [0.717, 1.165) is 40.1 Å². The Kier molecular flexibility index (Phi) is 3.73. The van der Waals surface area contributed by atoms with Gasteiger partial charge >= 0.3 is 0 Å². The van der Waals surface area contributed by atoms with Crippen molar-refractivity contribution in [3.05, 3.63) is 58.5 Å². The SMILES string of the molecule is CN(C)Cc1ccc(-c2cn(C)c(=O)c3ccccc23)c2c1OCO2. The first-order valence-electron chi connectivity index (χ1n) is 8.21. The van der Waals surface area contributed by atoms with Crippen molar-refractivity contribution in [2.45, 2.75) is 6.54 Å². The number of ether oxygens (including phenoxy) is 2. The topological polar surface area (TPSA) is 43.7 Å². The molecule has 2 heterocycles. The summed E-state index contributed by atoms with van der Waals surface area (Å²) in [7, 11) is 5.82. The fourth-order valence-electron chi connectivity index (χ4n) is 3.36. The van der Waals surface area contributed by atoms with Crippen molar-refractivity contribution < 1.29 is 9.47 Å². The summed E-state index contributed by atoms with van der Waals surface area (Å²) in [5.41, 5.74) is 3.01. The third kappa shape index (κ3) is 2.57. The molecule has 1 aliphatic heterocycles. The minimum Gasteiger partial charge on any atom is -0.453 e. The van der Waals surface area contributed by atoms with Gasteiger partial charge in [-0.15, -0.1) is 0 Å². The average molecular weight is 336 g/mol. The molecule has 0 aliphatic carbocycles. The molecule has 25 heavy (non-hydrogen) atoms. The van der Waals surface area contributed by atoms with Gasteiger partial charge in [-0.05, 0) is 31.6 Å². The lowest BCUT2D eigenvalue weighted by Gasteiger charge is -2.15. The van der Waals surface area contributed by atoms with Crippen LogP contribution in [0.2, 0.25) is 0 Å². The maximum atomic E-state index is 12.4. The lowest BCUT2D eigenvalue weighted by atomic mass is 9.98. The van der Waals surface area contributed by atoms with Gasteiger partial charge < -0.3 is 18.9 Å². The third-order valence-electron chi connectivity index (χ3n) is 4.47. The van der Waals surface area contributed by atoms with Crippen LogP contribution in [0.25, 0.3) is 21.9 Å². The van der Waals surface area contributed by atoms with Crippen LogP contribution in [0.15, 0.2) is 47.4 Å². The Hall–Kier alpha value is -2.79. The molecule has 128 valence electrons. The number of rotatable bonds is 3. The normalized spacial score (nSPS) is 13.0. The van der Waals surface area contributed by atoms with Gasteiger partial charge in [-0.2, -0.15) is 0 Å². The van der Waals surface area contributed by atoms with Gasteiger partial charge in [-0.3, -0.25) is 4.79 Å². The molecule has 5 nitrogen and oxygen atoms in total. The number of aryl methyl sites for hydroxylation is 1. The van der Waals surface area contributed by atoms with E-state index < -0.39 is 0 Å². The first-order chi connectivity index (χ1) is 12.1. The maximum Gasteiger partial charge on any atom is 0.258 e. The molecule has 0 atom stereocenters. The van der Waals surface area contributed by atoms with Crippen LogP contribution < -0.4 is 15.0 Å². The van der Waals surface area contributed by atoms with Gasteiger partial charge in [0.1, 0.15) is 0 Å². The van der Waals surface area contributed by atoms with Crippen molar-refractivity contribution in [1.29, 1.82) is 0 Å². The lowest BCUT2D eigenvalue weighted by Crippen LogP contribution is -2.16. The molecule has 0 bridgehead atoms. The predicted octanol–water partition coefficient (Wildman–Crippen LogP) is 3.00. The van der Waals surface area contributed by atoms with Gasteiger partial charge in [0.2, 0.25) is 6.79 Å². The molecule has 0 spiro atoms. The van der Waals surface area contributed by atoms with Crippen molar-refractivity contribution in [2.24, 2.45) is 7.05 Å². The lowest BCUT2D eigenvalue weighted by molar-refractivity contribution is 0.173. The molecule has 1 aromatic heterocycles. The van der Waals surface area contributed by atoms with Gasteiger partial charge in [-0.1, -0.05) is 24.3 Å². The summed E-state index contributed by atoms with van der Waals surface area (Å²) in [5, 5.41) is 1.62. The van der Waals surface area contributed by atoms with Crippen LogP contribution in [0.4, 0.5) is 0 Å². The maximum absolute atomic E-state index is 12.4. The van der Waals surface area contributed by atoms with Crippen molar-refractivity contribution in [3.8, 4) is 22.6 Å². The Bertz CT molecular complexity index is 1020. The zero-order valence-electron chi connectivity index (χ0n) is 14.6. The summed E-state index contributed by atoms with van der Waals surface area (Å²) in [6.07, 6.45) is 1.87. The summed E-state index contributed by atoms with van der Waals surface area (Å²) in [6, 6.07) is 11.8. The number of hydrogen-bond donors (Lipinski definition) is 0. The zero-order chi connectivity index (χ0) is 17.6. The van der Waals surface area contributed by atoms with Crippen LogP contribution in [0.5, 0.6) is 11.5 Å². The Labute approximate surface area is 146 Å². The number of pyridine rings is 1. The average Bonchev–Trinajstić information content (AvgIpc) is 3.08. The second-order valence-corrected chi connectivity index (χ2v) is 6.58. The highest BCUT2D eigenvalue weighted by molar-refractivity contribution is 5.97. The van der Waals surface area contributed by atoms with Crippen molar-refractivity contribution >= 4 is 10.8 Å². The molecular formula is C20H20N2O3. The second kappa shape index (κ2) is 5.93. The third-order valence-corrected chi connectivity index (χ3v) is 4.47. The molecular weight excluding hydrogens is 316 g/mol. The van der Waals surface area contributed by atoms with E-state index >= 15 is 0 Å². The number of benzene rings is 2. The Morgan fingerprint density at radius 3 is 2.48 bits per heavy atom. The first-order valence-corrected chi connectivity index (χ1v) is 8.21. The Morgan fingerprint density at radius 1 is 1.00 bits per heavy atom. The van der Waals surface area contributed by atoms with E-state index in [0.29, 0.717) is 5.39 Å². The predicted molar refractivity (Wildman–Crippen MR) is 98.1 cm³/mol. The van der Waals surface area contributed by atoms with Gasteiger partial charge in [0.05, 0.1) is 0 Å². The summed E-state index contributed by atoms with van der Waals surface area (Å²) < 4.78 is 13.2. The molecule has 0 unspecified atom stereocenters. The van der Waals surface area contributed by atoms with Crippen LogP contribution in [0, 0.1) is 0 Å². The van der Waals surface area contributed by atoms with E-state index in [4.69, 9.17) is 9.47 Å². The van der Waals surface area contributed by atoms with E-state index in [1.54, 1.807) is 11.6 Å². The summed E-state index contributed by atoms with van der Waals surface area (Å²) in [4.78, 5) is 14.5. The van der Waals surface area contributed by atoms with Gasteiger partial charge in [-0.25, -0.2) is 0 Å². The standard InChI is InChI=1S/C20H20N2O3/c1-21(2)10-13-8-9-15(19-18(13)24-12-25-19)17-11-22(3)20(23)16-7-5-4-6-14(16)17/h4-9,11H,10,12H2,1-3H3. The molecule has 1 aliphatic rings. The highest BCUT2D eigenvalue weighted by atomic mass is 16.7. The molecule has 0 fully saturated rings. The van der Waals surface area contributed by atoms with Crippen molar-refractivity contribution in [2.75, 3.05) is 20.9 Å². The number of fused-ring (bicyclic) bond motifs is 2. The van der Waals surface area contributed by atoms with Crippen LogP contribution in [-0.4, -0.2) is 30.4 Å². The molecule has 0 saturated carbocycles. The minimum atomic E-state index is -0.00242. The summed E-state index contributed by atoms with van der Waals surface area (Å²) >= 11 is 0. The molecule has 0 amide bonds. The molecule has 4 rings (SSSR count). The van der Waals surface area contributed by atoms with Gasteiger partial charge in [0.15, 0.2) is 11.5 Å². The molecule has 0 N–H and O–H groups in total. The molecule has 2 aromatic carbocycles. The summed E-state index contributed by atoms with van der Waals surface area (Å²) in [5.74, 6) is 1.55. The number of hydrogen-bond acceptors (Lipinski definition) is 4. The minimum absolute atomic E-state index is 0.00242. The zero-order valence-corrected chi connectivity index (χ0v) is 14.6. The van der Waals surface area contributed by atoms with Crippen LogP contribution >= 0.6 is 0 Å². The van der Waals surface area contributed by atoms with Crippen LogP contribution in [0.3, 0.4) is 0 Å². The molecule has 3 aromatic rings. The quantitative estimate of drug-likeness (QED) is 0.737. The number of nitrogens with zero attached hydrogens (tertiary/aromatic N) is 2. The fourth-order valence-corrected chi connectivity index (χ4v) is 3.36. The van der Waals surface area contributed by atoms with E-state index in [1.165, 1.54) is 0 Å². The Morgan fingerprint density at radius 2 is 1.72 bits per heavy atom. The van der Waals surface area contributed by atoms with Crippen LogP contribution in [0.1, 0.15) is 5.56 Å². The smallest absolute Gasteiger partial charge is 0.258 e. The summed E-state index contributed by atoms with van der Waals surface area (Å²) in [6.45, 7) is 0.996.